The van der Waals surface area contributed by atoms with E-state index in [0.29, 0.717) is 22.8 Å². The molecule has 0 aliphatic carbocycles. The molecule has 0 aromatic heterocycles. The Labute approximate surface area is 93.9 Å². The van der Waals surface area contributed by atoms with E-state index in [9.17, 15) is 5.11 Å². The van der Waals surface area contributed by atoms with Crippen LogP contribution in [0.2, 0.25) is 5.02 Å². The normalized spacial score (nSPS) is 11.9. The molecule has 15 heavy (non-hydrogen) atoms. The molecule has 0 radical (unpaired) electrons. The topological polar surface area (TPSA) is 53.2 Å². The van der Waals surface area contributed by atoms with Gasteiger partial charge in [-0.25, -0.2) is 0 Å². The highest BCUT2D eigenvalue weighted by Crippen LogP contribution is 2.25. The number of rotatable bonds is 4. The standard InChI is InChI=1S/C11H12ClNO2/c1-2-9(14)7-15-11-4-3-8(6-13)5-10(11)12/h3-5,9,14H,2,7H2,1H3. The van der Waals surface area contributed by atoms with Gasteiger partial charge in [0.05, 0.1) is 22.8 Å². The molecule has 80 valence electrons. The van der Waals surface area contributed by atoms with Gasteiger partial charge < -0.3 is 9.84 Å². The van der Waals surface area contributed by atoms with Gasteiger partial charge in [0.25, 0.3) is 0 Å². The van der Waals surface area contributed by atoms with E-state index in [2.05, 4.69) is 0 Å². The Hall–Kier alpha value is -1.24. The number of aliphatic hydroxyl groups is 1. The molecule has 1 rings (SSSR count). The SMILES string of the molecule is CCC(O)COc1ccc(C#N)cc1Cl. The summed E-state index contributed by atoms with van der Waals surface area (Å²) in [4.78, 5) is 0. The van der Waals surface area contributed by atoms with Crippen molar-refractivity contribution in [3.8, 4) is 11.8 Å². The van der Waals surface area contributed by atoms with Crippen molar-refractivity contribution in [3.05, 3.63) is 28.8 Å². The van der Waals surface area contributed by atoms with Crippen molar-refractivity contribution in [2.45, 2.75) is 19.4 Å². The lowest BCUT2D eigenvalue weighted by atomic mass is 10.2. The summed E-state index contributed by atoms with van der Waals surface area (Å²) in [5, 5.41) is 18.3. The number of nitrogens with zero attached hydrogens (tertiary/aromatic N) is 1. The minimum absolute atomic E-state index is 0.210. The smallest absolute Gasteiger partial charge is 0.138 e. The Balaban J connectivity index is 2.67. The molecule has 1 aromatic carbocycles. The van der Waals surface area contributed by atoms with Crippen LogP contribution < -0.4 is 4.74 Å². The van der Waals surface area contributed by atoms with Crippen molar-refractivity contribution in [1.82, 2.24) is 0 Å². The molecule has 0 aliphatic heterocycles. The van der Waals surface area contributed by atoms with Gasteiger partial charge in [0.2, 0.25) is 0 Å². The summed E-state index contributed by atoms with van der Waals surface area (Å²) in [5.41, 5.74) is 0.489. The van der Waals surface area contributed by atoms with E-state index in [1.165, 1.54) is 6.07 Å². The number of hydrogen-bond acceptors (Lipinski definition) is 3. The van der Waals surface area contributed by atoms with Gasteiger partial charge >= 0.3 is 0 Å². The van der Waals surface area contributed by atoms with Crippen LogP contribution in [-0.4, -0.2) is 17.8 Å². The van der Waals surface area contributed by atoms with E-state index in [1.807, 2.05) is 13.0 Å². The van der Waals surface area contributed by atoms with Crippen molar-refractivity contribution in [1.29, 1.82) is 5.26 Å². The van der Waals surface area contributed by atoms with Gasteiger partial charge in [0, 0.05) is 0 Å². The predicted octanol–water partition coefficient (Wildman–Crippen LogP) is 2.36. The van der Waals surface area contributed by atoms with E-state index < -0.39 is 6.10 Å². The highest BCUT2D eigenvalue weighted by molar-refractivity contribution is 6.32. The summed E-state index contributed by atoms with van der Waals surface area (Å²) in [7, 11) is 0. The maximum atomic E-state index is 9.29. The fourth-order valence-corrected chi connectivity index (χ4v) is 1.23. The van der Waals surface area contributed by atoms with Crippen LogP contribution in [0.4, 0.5) is 0 Å². The van der Waals surface area contributed by atoms with Gasteiger partial charge in [0.15, 0.2) is 0 Å². The maximum Gasteiger partial charge on any atom is 0.138 e. The second kappa shape index (κ2) is 5.59. The first kappa shape index (κ1) is 11.8. The first-order valence-corrected chi connectivity index (χ1v) is 5.05. The van der Waals surface area contributed by atoms with Gasteiger partial charge in [-0.1, -0.05) is 18.5 Å². The minimum atomic E-state index is -0.489. The third kappa shape index (κ3) is 3.43. The van der Waals surface area contributed by atoms with Crippen molar-refractivity contribution in [2.24, 2.45) is 0 Å². The summed E-state index contributed by atoms with van der Waals surface area (Å²) >= 11 is 5.88. The van der Waals surface area contributed by atoms with Crippen molar-refractivity contribution in [3.63, 3.8) is 0 Å². The molecule has 0 spiro atoms. The fourth-order valence-electron chi connectivity index (χ4n) is 0.991. The molecular weight excluding hydrogens is 214 g/mol. The number of nitriles is 1. The summed E-state index contributed by atoms with van der Waals surface area (Å²) in [6, 6.07) is 6.77. The molecule has 0 heterocycles. The quantitative estimate of drug-likeness (QED) is 0.856. The van der Waals surface area contributed by atoms with Gasteiger partial charge in [-0.2, -0.15) is 5.26 Å². The van der Waals surface area contributed by atoms with E-state index >= 15 is 0 Å². The van der Waals surface area contributed by atoms with Crippen LogP contribution in [0.3, 0.4) is 0 Å². The second-order valence-corrected chi connectivity index (χ2v) is 3.54. The average molecular weight is 226 g/mol. The predicted molar refractivity (Wildman–Crippen MR) is 58.0 cm³/mol. The first-order chi connectivity index (χ1) is 7.17. The van der Waals surface area contributed by atoms with Crippen molar-refractivity contribution in [2.75, 3.05) is 6.61 Å². The van der Waals surface area contributed by atoms with Gasteiger partial charge in [-0.15, -0.1) is 0 Å². The van der Waals surface area contributed by atoms with Crippen molar-refractivity contribution >= 4 is 11.6 Å². The highest BCUT2D eigenvalue weighted by Gasteiger charge is 2.06. The Morgan fingerprint density at radius 2 is 2.33 bits per heavy atom. The van der Waals surface area contributed by atoms with Crippen LogP contribution in [0.15, 0.2) is 18.2 Å². The lowest BCUT2D eigenvalue weighted by Gasteiger charge is -2.11. The number of benzene rings is 1. The Morgan fingerprint density at radius 1 is 1.60 bits per heavy atom. The molecule has 4 heteroatoms. The summed E-state index contributed by atoms with van der Waals surface area (Å²) in [5.74, 6) is 0.489. The van der Waals surface area contributed by atoms with E-state index in [4.69, 9.17) is 21.6 Å². The lowest BCUT2D eigenvalue weighted by molar-refractivity contribution is 0.104. The number of hydrogen-bond donors (Lipinski definition) is 1. The Morgan fingerprint density at radius 3 is 2.87 bits per heavy atom. The molecular formula is C11H12ClNO2. The zero-order valence-electron chi connectivity index (χ0n) is 8.40. The third-order valence-corrected chi connectivity index (χ3v) is 2.26. The van der Waals surface area contributed by atoms with Crippen LogP contribution in [0, 0.1) is 11.3 Å². The van der Waals surface area contributed by atoms with Crippen LogP contribution in [0.1, 0.15) is 18.9 Å². The molecule has 3 nitrogen and oxygen atoms in total. The molecule has 1 atom stereocenters. The Bertz CT molecular complexity index is 373. The van der Waals surface area contributed by atoms with Crippen LogP contribution >= 0.6 is 11.6 Å². The average Bonchev–Trinajstić information content (AvgIpc) is 2.26. The lowest BCUT2D eigenvalue weighted by Crippen LogP contribution is -2.16. The van der Waals surface area contributed by atoms with E-state index in [-0.39, 0.29) is 6.61 Å². The minimum Gasteiger partial charge on any atom is -0.489 e. The molecule has 0 amide bonds. The number of halogens is 1. The third-order valence-electron chi connectivity index (χ3n) is 1.96. The Kier molecular flexibility index (Phi) is 4.41. The maximum absolute atomic E-state index is 9.29. The van der Waals surface area contributed by atoms with E-state index in [0.717, 1.165) is 0 Å². The van der Waals surface area contributed by atoms with Crippen LogP contribution in [0.5, 0.6) is 5.75 Å². The zero-order valence-corrected chi connectivity index (χ0v) is 9.16. The van der Waals surface area contributed by atoms with Gasteiger partial charge in [-0.3, -0.25) is 0 Å². The fraction of sp³-hybridized carbons (Fsp3) is 0.364. The zero-order chi connectivity index (χ0) is 11.3. The number of aliphatic hydroxyl groups excluding tert-OH is 1. The van der Waals surface area contributed by atoms with Gasteiger partial charge in [-0.05, 0) is 24.6 Å². The molecule has 0 aliphatic rings. The molecule has 1 N–H and O–H groups in total. The summed E-state index contributed by atoms with van der Waals surface area (Å²) in [6.45, 7) is 2.08. The van der Waals surface area contributed by atoms with Crippen molar-refractivity contribution < 1.29 is 9.84 Å². The number of ether oxygens (including phenoxy) is 1. The monoisotopic (exact) mass is 225 g/mol. The molecule has 0 saturated heterocycles. The second-order valence-electron chi connectivity index (χ2n) is 3.13. The highest BCUT2D eigenvalue weighted by atomic mass is 35.5. The molecule has 0 fully saturated rings. The van der Waals surface area contributed by atoms with Gasteiger partial charge in [0.1, 0.15) is 12.4 Å². The molecule has 0 bridgehead atoms. The van der Waals surface area contributed by atoms with Crippen LogP contribution in [0.25, 0.3) is 0 Å². The first-order valence-electron chi connectivity index (χ1n) is 4.68. The molecule has 1 aromatic rings. The summed E-state index contributed by atoms with van der Waals surface area (Å²) in [6.07, 6.45) is 0.144. The molecule has 0 saturated carbocycles. The summed E-state index contributed by atoms with van der Waals surface area (Å²) < 4.78 is 5.30. The largest absolute Gasteiger partial charge is 0.489 e. The van der Waals surface area contributed by atoms with E-state index in [1.54, 1.807) is 12.1 Å². The van der Waals surface area contributed by atoms with Crippen LogP contribution in [-0.2, 0) is 0 Å². The molecule has 1 unspecified atom stereocenters.